The second-order valence-corrected chi connectivity index (χ2v) is 6.28. The number of halogens is 2. The standard InChI is InChI=1S/C12H12ClIN4/c1-12(2,3)9-8(14)10(13)18-11(17-9)7-6-15-4-5-16-7/h4-6H,1-3H3. The van der Waals surface area contributed by atoms with Gasteiger partial charge < -0.3 is 0 Å². The van der Waals surface area contributed by atoms with Crippen molar-refractivity contribution in [3.8, 4) is 11.5 Å². The molecule has 4 nitrogen and oxygen atoms in total. The van der Waals surface area contributed by atoms with Gasteiger partial charge in [-0.2, -0.15) is 0 Å². The van der Waals surface area contributed by atoms with E-state index in [1.807, 2.05) is 0 Å². The van der Waals surface area contributed by atoms with Crippen LogP contribution in [0.3, 0.4) is 0 Å². The fourth-order valence-corrected chi connectivity index (χ4v) is 2.67. The molecule has 6 heteroatoms. The average Bonchev–Trinajstić information content (AvgIpc) is 2.32. The van der Waals surface area contributed by atoms with Crippen LogP contribution in [0.5, 0.6) is 0 Å². The molecule has 0 saturated heterocycles. The molecule has 0 fully saturated rings. The van der Waals surface area contributed by atoms with E-state index in [2.05, 4.69) is 63.3 Å². The maximum absolute atomic E-state index is 6.17. The Bertz CT molecular complexity index is 566. The molecule has 0 bridgehead atoms. The van der Waals surface area contributed by atoms with E-state index in [9.17, 15) is 0 Å². The molecule has 0 N–H and O–H groups in total. The minimum atomic E-state index is -0.0972. The largest absolute Gasteiger partial charge is 0.261 e. The van der Waals surface area contributed by atoms with Gasteiger partial charge in [0, 0.05) is 17.8 Å². The van der Waals surface area contributed by atoms with Gasteiger partial charge in [-0.15, -0.1) is 0 Å². The molecule has 0 saturated carbocycles. The molecular formula is C12H12ClIN4. The minimum Gasteiger partial charge on any atom is -0.261 e. The molecule has 0 amide bonds. The molecule has 2 aromatic heterocycles. The third kappa shape index (κ3) is 2.77. The smallest absolute Gasteiger partial charge is 0.181 e. The summed E-state index contributed by atoms with van der Waals surface area (Å²) < 4.78 is 0.884. The first-order chi connectivity index (χ1) is 8.39. The highest BCUT2D eigenvalue weighted by Gasteiger charge is 2.23. The topological polar surface area (TPSA) is 51.6 Å². The van der Waals surface area contributed by atoms with Gasteiger partial charge in [-0.05, 0) is 22.6 Å². The Balaban J connectivity index is 2.62. The van der Waals surface area contributed by atoms with Crippen LogP contribution < -0.4 is 0 Å². The van der Waals surface area contributed by atoms with E-state index >= 15 is 0 Å². The Morgan fingerprint density at radius 1 is 1.17 bits per heavy atom. The first-order valence-corrected chi connectivity index (χ1v) is 6.85. The first-order valence-electron chi connectivity index (χ1n) is 5.39. The zero-order valence-corrected chi connectivity index (χ0v) is 13.2. The summed E-state index contributed by atoms with van der Waals surface area (Å²) >= 11 is 8.34. The molecule has 2 rings (SSSR count). The lowest BCUT2D eigenvalue weighted by molar-refractivity contribution is 0.563. The van der Waals surface area contributed by atoms with Gasteiger partial charge in [-0.1, -0.05) is 32.4 Å². The van der Waals surface area contributed by atoms with E-state index in [4.69, 9.17) is 11.6 Å². The number of hydrogen-bond donors (Lipinski definition) is 0. The second kappa shape index (κ2) is 5.05. The molecule has 2 heterocycles. The van der Waals surface area contributed by atoms with Crippen LogP contribution in [-0.2, 0) is 5.41 Å². The lowest BCUT2D eigenvalue weighted by atomic mass is 9.92. The molecule has 0 atom stereocenters. The third-order valence-electron chi connectivity index (χ3n) is 2.31. The zero-order valence-electron chi connectivity index (χ0n) is 10.3. The monoisotopic (exact) mass is 374 g/mol. The summed E-state index contributed by atoms with van der Waals surface area (Å²) in [6.07, 6.45) is 4.86. The lowest BCUT2D eigenvalue weighted by Crippen LogP contribution is -2.17. The first kappa shape index (κ1) is 13.6. The van der Waals surface area contributed by atoms with E-state index in [-0.39, 0.29) is 5.41 Å². The fraction of sp³-hybridized carbons (Fsp3) is 0.333. The summed E-state index contributed by atoms with van der Waals surface area (Å²) in [6, 6.07) is 0. The van der Waals surface area contributed by atoms with Crippen LogP contribution in [0, 0.1) is 3.57 Å². The number of rotatable bonds is 1. The highest BCUT2D eigenvalue weighted by Crippen LogP contribution is 2.30. The van der Waals surface area contributed by atoms with Crippen LogP contribution in [0.25, 0.3) is 11.5 Å². The van der Waals surface area contributed by atoms with Gasteiger partial charge in [-0.3, -0.25) is 4.98 Å². The maximum atomic E-state index is 6.17. The van der Waals surface area contributed by atoms with Crippen molar-refractivity contribution in [2.75, 3.05) is 0 Å². The van der Waals surface area contributed by atoms with E-state index in [0.717, 1.165) is 9.26 Å². The summed E-state index contributed by atoms with van der Waals surface area (Å²) in [5.41, 5.74) is 1.45. The summed E-state index contributed by atoms with van der Waals surface area (Å²) in [7, 11) is 0. The van der Waals surface area contributed by atoms with Crippen molar-refractivity contribution in [1.29, 1.82) is 0 Å². The van der Waals surface area contributed by atoms with Crippen LogP contribution in [0.1, 0.15) is 26.5 Å². The fourth-order valence-electron chi connectivity index (χ4n) is 1.45. The van der Waals surface area contributed by atoms with E-state index in [1.54, 1.807) is 18.6 Å². The summed E-state index contributed by atoms with van der Waals surface area (Å²) in [5, 5.41) is 0.455. The average molecular weight is 375 g/mol. The Morgan fingerprint density at radius 2 is 1.89 bits per heavy atom. The van der Waals surface area contributed by atoms with Crippen molar-refractivity contribution in [2.45, 2.75) is 26.2 Å². The normalized spacial score (nSPS) is 11.6. The van der Waals surface area contributed by atoms with E-state index in [0.29, 0.717) is 16.7 Å². The van der Waals surface area contributed by atoms with Gasteiger partial charge in [0.25, 0.3) is 0 Å². The quantitative estimate of drug-likeness (QED) is 0.566. The van der Waals surface area contributed by atoms with Crippen LogP contribution >= 0.6 is 34.2 Å². The molecule has 0 aromatic carbocycles. The van der Waals surface area contributed by atoms with Gasteiger partial charge in [0.15, 0.2) is 5.82 Å². The van der Waals surface area contributed by atoms with Crippen molar-refractivity contribution in [3.63, 3.8) is 0 Å². The molecular weight excluding hydrogens is 363 g/mol. The Labute approximate surface area is 124 Å². The van der Waals surface area contributed by atoms with Crippen LogP contribution in [-0.4, -0.2) is 19.9 Å². The predicted octanol–water partition coefficient (Wildman–Crippen LogP) is 3.49. The maximum Gasteiger partial charge on any atom is 0.181 e. The van der Waals surface area contributed by atoms with Gasteiger partial charge in [-0.25, -0.2) is 15.0 Å². The van der Waals surface area contributed by atoms with Gasteiger partial charge >= 0.3 is 0 Å². The van der Waals surface area contributed by atoms with Crippen molar-refractivity contribution >= 4 is 34.2 Å². The molecule has 18 heavy (non-hydrogen) atoms. The molecule has 0 spiro atoms. The molecule has 94 valence electrons. The number of aromatic nitrogens is 4. The van der Waals surface area contributed by atoms with E-state index < -0.39 is 0 Å². The number of nitrogens with zero attached hydrogens (tertiary/aromatic N) is 4. The van der Waals surface area contributed by atoms with Crippen molar-refractivity contribution < 1.29 is 0 Å². The second-order valence-electron chi connectivity index (χ2n) is 4.84. The Hall–Kier alpha value is -0.820. The molecule has 0 radical (unpaired) electrons. The molecule has 0 aliphatic rings. The SMILES string of the molecule is CC(C)(C)c1nc(-c2cnccn2)nc(Cl)c1I. The number of hydrogen-bond acceptors (Lipinski definition) is 4. The summed E-state index contributed by atoms with van der Waals surface area (Å²) in [4.78, 5) is 17.0. The van der Waals surface area contributed by atoms with Crippen LogP contribution in [0.2, 0.25) is 5.15 Å². The lowest BCUT2D eigenvalue weighted by Gasteiger charge is -2.20. The van der Waals surface area contributed by atoms with Crippen LogP contribution in [0.4, 0.5) is 0 Å². The Kier molecular flexibility index (Phi) is 3.82. The zero-order chi connectivity index (χ0) is 13.3. The van der Waals surface area contributed by atoms with Crippen LogP contribution in [0.15, 0.2) is 18.6 Å². The van der Waals surface area contributed by atoms with Gasteiger partial charge in [0.05, 0.1) is 15.5 Å². The van der Waals surface area contributed by atoms with Crippen molar-refractivity contribution in [2.24, 2.45) is 0 Å². The molecule has 0 aliphatic carbocycles. The van der Waals surface area contributed by atoms with Gasteiger partial charge in [0.1, 0.15) is 10.8 Å². The highest BCUT2D eigenvalue weighted by molar-refractivity contribution is 14.1. The predicted molar refractivity (Wildman–Crippen MR) is 79.5 cm³/mol. The van der Waals surface area contributed by atoms with Gasteiger partial charge in [0.2, 0.25) is 0 Å². The Morgan fingerprint density at radius 3 is 2.44 bits per heavy atom. The summed E-state index contributed by atoms with van der Waals surface area (Å²) in [5.74, 6) is 0.512. The van der Waals surface area contributed by atoms with Crippen molar-refractivity contribution in [3.05, 3.63) is 33.0 Å². The minimum absolute atomic E-state index is 0.0972. The van der Waals surface area contributed by atoms with E-state index in [1.165, 1.54) is 0 Å². The summed E-state index contributed by atoms with van der Waals surface area (Å²) in [6.45, 7) is 6.27. The highest BCUT2D eigenvalue weighted by atomic mass is 127. The molecule has 0 unspecified atom stereocenters. The molecule has 0 aliphatic heterocycles. The van der Waals surface area contributed by atoms with Crippen molar-refractivity contribution in [1.82, 2.24) is 19.9 Å². The molecule has 2 aromatic rings. The third-order valence-corrected chi connectivity index (χ3v) is 3.93.